The summed E-state index contributed by atoms with van der Waals surface area (Å²) >= 11 is 6.02. The third-order valence-electron chi connectivity index (χ3n) is 4.03. The predicted molar refractivity (Wildman–Crippen MR) is 86.0 cm³/mol. The molecule has 1 N–H and O–H groups in total. The van der Waals surface area contributed by atoms with Gasteiger partial charge in [0.15, 0.2) is 5.69 Å². The number of hydrogen-bond donors (Lipinski definition) is 1. The van der Waals surface area contributed by atoms with Crippen molar-refractivity contribution < 1.29 is 18.0 Å². The summed E-state index contributed by atoms with van der Waals surface area (Å²) in [6.45, 7) is 1.39. The van der Waals surface area contributed by atoms with E-state index in [0.29, 0.717) is 24.7 Å². The molecule has 0 bridgehead atoms. The highest BCUT2D eigenvalue weighted by Crippen LogP contribution is 2.28. The Balaban J connectivity index is 1.76. The average Bonchev–Trinajstić information content (AvgIpc) is 3.03. The second kappa shape index (κ2) is 7.05. The number of alkyl halides is 3. The molecule has 1 aliphatic heterocycles. The van der Waals surface area contributed by atoms with Crippen molar-refractivity contribution in [1.82, 2.24) is 20.0 Å². The molecule has 1 unspecified atom stereocenters. The maximum atomic E-state index is 12.6. The van der Waals surface area contributed by atoms with Crippen LogP contribution in [0.15, 0.2) is 36.5 Å². The molecule has 25 heavy (non-hydrogen) atoms. The molecule has 1 amide bonds. The van der Waals surface area contributed by atoms with Crippen LogP contribution in [-0.2, 0) is 17.5 Å². The van der Waals surface area contributed by atoms with Gasteiger partial charge in [0, 0.05) is 30.9 Å². The van der Waals surface area contributed by atoms with Crippen molar-refractivity contribution in [3.63, 3.8) is 0 Å². The van der Waals surface area contributed by atoms with Gasteiger partial charge in [-0.2, -0.15) is 18.3 Å². The van der Waals surface area contributed by atoms with Crippen LogP contribution in [0.4, 0.5) is 13.2 Å². The van der Waals surface area contributed by atoms with Crippen molar-refractivity contribution in [2.24, 2.45) is 0 Å². The van der Waals surface area contributed by atoms with Crippen LogP contribution in [0.5, 0.6) is 0 Å². The van der Waals surface area contributed by atoms with Gasteiger partial charge in [-0.05, 0) is 23.8 Å². The van der Waals surface area contributed by atoms with Crippen LogP contribution in [0.2, 0.25) is 5.02 Å². The number of rotatable bonds is 3. The van der Waals surface area contributed by atoms with Gasteiger partial charge in [-0.25, -0.2) is 0 Å². The first-order chi connectivity index (χ1) is 11.8. The summed E-state index contributed by atoms with van der Waals surface area (Å²) in [6, 6.07) is 7.85. The van der Waals surface area contributed by atoms with Gasteiger partial charge < -0.3 is 10.2 Å². The van der Waals surface area contributed by atoms with E-state index in [1.807, 2.05) is 6.07 Å². The lowest BCUT2D eigenvalue weighted by Crippen LogP contribution is -2.49. The summed E-state index contributed by atoms with van der Waals surface area (Å²) in [5.41, 5.74) is -0.128. The summed E-state index contributed by atoms with van der Waals surface area (Å²) in [6.07, 6.45) is -3.36. The Morgan fingerprint density at radius 2 is 2.16 bits per heavy atom. The lowest BCUT2D eigenvalue weighted by atomic mass is 10.0. The number of halogens is 4. The van der Waals surface area contributed by atoms with Crippen LogP contribution in [0.1, 0.15) is 17.3 Å². The van der Waals surface area contributed by atoms with Crippen LogP contribution in [0, 0.1) is 0 Å². The lowest BCUT2D eigenvalue weighted by Gasteiger charge is -2.36. The van der Waals surface area contributed by atoms with Crippen molar-refractivity contribution in [3.8, 4) is 0 Å². The second-order valence-corrected chi connectivity index (χ2v) is 6.19. The average molecular weight is 373 g/mol. The number of piperazine rings is 1. The first-order valence-corrected chi connectivity index (χ1v) is 8.09. The number of nitrogens with zero attached hydrogens (tertiary/aromatic N) is 3. The largest absolute Gasteiger partial charge is 0.435 e. The molecule has 1 fully saturated rings. The zero-order valence-corrected chi connectivity index (χ0v) is 13.9. The zero-order chi connectivity index (χ0) is 18.0. The van der Waals surface area contributed by atoms with Crippen molar-refractivity contribution in [2.75, 3.05) is 19.6 Å². The van der Waals surface area contributed by atoms with Crippen molar-refractivity contribution in [3.05, 3.63) is 52.8 Å². The van der Waals surface area contributed by atoms with Gasteiger partial charge >= 0.3 is 6.18 Å². The smallest absolute Gasteiger partial charge is 0.331 e. The topological polar surface area (TPSA) is 50.2 Å². The standard InChI is InChI=1S/C16H16ClF3N4O/c17-12-3-1-2-11(8-12)13-9-21-5-7-24(13)15(25)10-23-6-4-14(22-23)16(18,19)20/h1-4,6,8,13,21H,5,7,9-10H2. The van der Waals surface area contributed by atoms with Crippen molar-refractivity contribution in [1.29, 1.82) is 0 Å². The number of carbonyl (C=O) groups excluding carboxylic acids is 1. The van der Waals surface area contributed by atoms with E-state index < -0.39 is 11.9 Å². The summed E-state index contributed by atoms with van der Waals surface area (Å²) in [5.74, 6) is -0.289. The Kier molecular flexibility index (Phi) is 5.01. The van der Waals surface area contributed by atoms with Gasteiger partial charge in [0.25, 0.3) is 0 Å². The van der Waals surface area contributed by atoms with E-state index in [1.165, 1.54) is 0 Å². The summed E-state index contributed by atoms with van der Waals surface area (Å²) in [5, 5.41) is 7.22. The molecule has 2 heterocycles. The number of nitrogens with one attached hydrogen (secondary N) is 1. The Morgan fingerprint density at radius 1 is 1.36 bits per heavy atom. The Bertz CT molecular complexity index is 762. The van der Waals surface area contributed by atoms with Crippen LogP contribution in [-0.4, -0.2) is 40.2 Å². The fourth-order valence-corrected chi connectivity index (χ4v) is 3.04. The monoisotopic (exact) mass is 372 g/mol. The second-order valence-electron chi connectivity index (χ2n) is 5.76. The third kappa shape index (κ3) is 4.13. The minimum absolute atomic E-state index is 0.224. The van der Waals surface area contributed by atoms with Crippen LogP contribution >= 0.6 is 11.6 Å². The molecule has 1 atom stereocenters. The van der Waals surface area contributed by atoms with E-state index in [2.05, 4.69) is 10.4 Å². The number of aromatic nitrogens is 2. The van der Waals surface area contributed by atoms with Gasteiger partial charge in [-0.1, -0.05) is 23.7 Å². The minimum Gasteiger partial charge on any atom is -0.331 e. The highest BCUT2D eigenvalue weighted by molar-refractivity contribution is 6.30. The summed E-state index contributed by atoms with van der Waals surface area (Å²) in [4.78, 5) is 14.3. The molecule has 9 heteroatoms. The Labute approximate surface area is 147 Å². The fraction of sp³-hybridized carbons (Fsp3) is 0.375. The molecule has 134 valence electrons. The van der Waals surface area contributed by atoms with Crippen LogP contribution < -0.4 is 5.32 Å². The first kappa shape index (κ1) is 17.8. The van der Waals surface area contributed by atoms with E-state index in [-0.39, 0.29) is 18.5 Å². The van der Waals surface area contributed by atoms with Gasteiger partial charge in [-0.15, -0.1) is 0 Å². The SMILES string of the molecule is O=C(Cn1ccc(C(F)(F)F)n1)N1CCNCC1c1cccc(Cl)c1. The summed E-state index contributed by atoms with van der Waals surface area (Å²) < 4.78 is 38.9. The van der Waals surface area contributed by atoms with Crippen LogP contribution in [0.25, 0.3) is 0 Å². The summed E-state index contributed by atoms with van der Waals surface area (Å²) in [7, 11) is 0. The van der Waals surface area contributed by atoms with Gasteiger partial charge in [0.2, 0.25) is 5.91 Å². The van der Waals surface area contributed by atoms with Gasteiger partial charge in [0.05, 0.1) is 6.04 Å². The molecule has 1 saturated heterocycles. The molecule has 1 aliphatic rings. The normalized spacial score (nSPS) is 18.4. The molecule has 5 nitrogen and oxygen atoms in total. The van der Waals surface area contributed by atoms with E-state index in [9.17, 15) is 18.0 Å². The molecule has 0 radical (unpaired) electrons. The molecule has 1 aromatic heterocycles. The van der Waals surface area contributed by atoms with Crippen LogP contribution in [0.3, 0.4) is 0 Å². The highest BCUT2D eigenvalue weighted by Gasteiger charge is 2.34. The molecular formula is C16H16ClF3N4O. The fourth-order valence-electron chi connectivity index (χ4n) is 2.84. The van der Waals surface area contributed by atoms with Crippen molar-refractivity contribution >= 4 is 17.5 Å². The zero-order valence-electron chi connectivity index (χ0n) is 13.1. The highest BCUT2D eigenvalue weighted by atomic mass is 35.5. The molecule has 1 aromatic carbocycles. The molecule has 0 saturated carbocycles. The minimum atomic E-state index is -4.52. The maximum Gasteiger partial charge on any atom is 0.435 e. The quantitative estimate of drug-likeness (QED) is 0.901. The molecule has 2 aromatic rings. The van der Waals surface area contributed by atoms with E-state index >= 15 is 0 Å². The molecule has 0 aliphatic carbocycles. The predicted octanol–water partition coefficient (Wildman–Crippen LogP) is 2.73. The molecule has 3 rings (SSSR count). The Hall–Kier alpha value is -2.06. The molecule has 0 spiro atoms. The lowest BCUT2D eigenvalue weighted by molar-refractivity contribution is -0.142. The number of benzene rings is 1. The van der Waals surface area contributed by atoms with E-state index in [0.717, 1.165) is 22.5 Å². The van der Waals surface area contributed by atoms with Crippen molar-refractivity contribution in [2.45, 2.75) is 18.8 Å². The number of hydrogen-bond acceptors (Lipinski definition) is 3. The van der Waals surface area contributed by atoms with Gasteiger partial charge in [0.1, 0.15) is 6.54 Å². The van der Waals surface area contributed by atoms with Gasteiger partial charge in [-0.3, -0.25) is 9.48 Å². The number of carbonyl (C=O) groups is 1. The maximum absolute atomic E-state index is 12.6. The van der Waals surface area contributed by atoms with E-state index in [1.54, 1.807) is 23.1 Å². The first-order valence-electron chi connectivity index (χ1n) is 7.71. The number of amides is 1. The molecular weight excluding hydrogens is 357 g/mol. The Morgan fingerprint density at radius 3 is 2.84 bits per heavy atom. The third-order valence-corrected chi connectivity index (χ3v) is 4.26. The van der Waals surface area contributed by atoms with E-state index in [4.69, 9.17) is 11.6 Å².